The Hall–Kier alpha value is -1.77. The first-order valence-electron chi connectivity index (χ1n) is 4.92. The van der Waals surface area contributed by atoms with Crippen LogP contribution in [0.1, 0.15) is 0 Å². The van der Waals surface area contributed by atoms with Crippen LogP contribution in [0.15, 0.2) is 35.4 Å². The zero-order valence-corrected chi connectivity index (χ0v) is 10.1. The Kier molecular flexibility index (Phi) is 2.92. The molecule has 0 spiro atoms. The second kappa shape index (κ2) is 4.24. The molecule has 0 unspecified atom stereocenters. The lowest BCUT2D eigenvalue weighted by molar-refractivity contribution is 0.398. The number of nitrogens with zero attached hydrogens (tertiary/aromatic N) is 1. The molecular formula is C12H11NO3S. The molecule has 0 aliphatic rings. The Morgan fingerprint density at radius 1 is 1.41 bits per heavy atom. The van der Waals surface area contributed by atoms with Gasteiger partial charge in [0.1, 0.15) is 4.90 Å². The fourth-order valence-electron chi connectivity index (χ4n) is 1.73. The third kappa shape index (κ3) is 1.93. The molecule has 0 aliphatic carbocycles. The van der Waals surface area contributed by atoms with Crippen LogP contribution in [0.3, 0.4) is 0 Å². The van der Waals surface area contributed by atoms with Gasteiger partial charge in [0.15, 0.2) is 0 Å². The molecule has 0 amide bonds. The highest BCUT2D eigenvalue weighted by Gasteiger charge is 2.19. The maximum Gasteiger partial charge on any atom is 0.298 e. The van der Waals surface area contributed by atoms with Gasteiger partial charge in [-0.1, -0.05) is 24.1 Å². The largest absolute Gasteiger partial charge is 0.334 e. The summed E-state index contributed by atoms with van der Waals surface area (Å²) in [5.41, 5.74) is 0.779. The zero-order chi connectivity index (χ0) is 12.5. The minimum atomic E-state index is -3.71. The van der Waals surface area contributed by atoms with E-state index in [1.807, 2.05) is 12.1 Å². The van der Waals surface area contributed by atoms with Crippen molar-refractivity contribution in [3.05, 3.63) is 30.5 Å². The van der Waals surface area contributed by atoms with E-state index in [-0.39, 0.29) is 4.90 Å². The molecule has 0 radical (unpaired) electrons. The second-order valence-corrected chi connectivity index (χ2v) is 5.14. The number of hydrogen-bond donors (Lipinski definition) is 0. The van der Waals surface area contributed by atoms with Crippen LogP contribution in [0.5, 0.6) is 0 Å². The molecule has 0 atom stereocenters. The van der Waals surface area contributed by atoms with Crippen LogP contribution in [0.2, 0.25) is 0 Å². The summed E-state index contributed by atoms with van der Waals surface area (Å²) in [7, 11) is -2.57. The third-order valence-electron chi connectivity index (χ3n) is 2.50. The van der Waals surface area contributed by atoms with E-state index in [1.54, 1.807) is 16.7 Å². The van der Waals surface area contributed by atoms with E-state index in [0.717, 1.165) is 12.6 Å². The molecule has 88 valence electrons. The van der Waals surface area contributed by atoms with Gasteiger partial charge in [0.25, 0.3) is 10.1 Å². The predicted molar refractivity (Wildman–Crippen MR) is 65.0 cm³/mol. The van der Waals surface area contributed by atoms with Crippen molar-refractivity contribution in [2.75, 3.05) is 7.11 Å². The number of hydrogen-bond acceptors (Lipinski definition) is 3. The molecule has 1 aromatic heterocycles. The fourth-order valence-corrected chi connectivity index (χ4v) is 2.61. The summed E-state index contributed by atoms with van der Waals surface area (Å²) in [6.45, 7) is 0.319. The lowest BCUT2D eigenvalue weighted by Crippen LogP contribution is -2.02. The van der Waals surface area contributed by atoms with Gasteiger partial charge in [0.2, 0.25) is 0 Å². The van der Waals surface area contributed by atoms with Crippen LogP contribution in [0.4, 0.5) is 0 Å². The Bertz CT molecular complexity index is 692. The summed E-state index contributed by atoms with van der Waals surface area (Å²) < 4.78 is 29.7. The molecule has 4 nitrogen and oxygen atoms in total. The van der Waals surface area contributed by atoms with Crippen molar-refractivity contribution in [1.82, 2.24) is 4.57 Å². The van der Waals surface area contributed by atoms with Crippen LogP contribution >= 0.6 is 0 Å². The molecule has 0 saturated heterocycles. The Morgan fingerprint density at radius 2 is 2.12 bits per heavy atom. The van der Waals surface area contributed by atoms with E-state index < -0.39 is 10.1 Å². The SMILES string of the molecule is C#CCn1cc(S(=O)(=O)OC)c2ccccc21. The number of benzene rings is 1. The average molecular weight is 249 g/mol. The normalized spacial score (nSPS) is 11.5. The smallest absolute Gasteiger partial charge is 0.298 e. The molecule has 1 aromatic carbocycles. The van der Waals surface area contributed by atoms with Crippen molar-refractivity contribution in [3.63, 3.8) is 0 Å². The van der Waals surface area contributed by atoms with Crippen molar-refractivity contribution in [2.45, 2.75) is 11.4 Å². The number of fused-ring (bicyclic) bond motifs is 1. The molecule has 0 bridgehead atoms. The monoisotopic (exact) mass is 249 g/mol. The quantitative estimate of drug-likeness (QED) is 0.613. The molecule has 2 aromatic rings. The van der Waals surface area contributed by atoms with Gasteiger partial charge in [-0.15, -0.1) is 6.42 Å². The van der Waals surface area contributed by atoms with E-state index >= 15 is 0 Å². The fraction of sp³-hybridized carbons (Fsp3) is 0.167. The van der Waals surface area contributed by atoms with Gasteiger partial charge >= 0.3 is 0 Å². The Morgan fingerprint density at radius 3 is 2.76 bits per heavy atom. The average Bonchev–Trinajstić information content (AvgIpc) is 2.70. The number of para-hydroxylation sites is 1. The van der Waals surface area contributed by atoms with E-state index in [4.69, 9.17) is 6.42 Å². The molecule has 0 N–H and O–H groups in total. The van der Waals surface area contributed by atoms with Crippen LogP contribution < -0.4 is 0 Å². The van der Waals surface area contributed by atoms with Crippen molar-refractivity contribution in [2.24, 2.45) is 0 Å². The van der Waals surface area contributed by atoms with E-state index in [2.05, 4.69) is 10.1 Å². The second-order valence-electron chi connectivity index (χ2n) is 3.46. The predicted octanol–water partition coefficient (Wildman–Crippen LogP) is 1.61. The van der Waals surface area contributed by atoms with Crippen molar-refractivity contribution in [1.29, 1.82) is 0 Å². The maximum absolute atomic E-state index is 11.7. The summed E-state index contributed by atoms with van der Waals surface area (Å²) in [6.07, 6.45) is 6.75. The molecule has 1 heterocycles. The molecule has 0 aliphatic heterocycles. The topological polar surface area (TPSA) is 48.3 Å². The molecule has 5 heteroatoms. The minimum absolute atomic E-state index is 0.144. The highest BCUT2D eigenvalue weighted by Crippen LogP contribution is 2.26. The van der Waals surface area contributed by atoms with E-state index in [1.165, 1.54) is 6.20 Å². The third-order valence-corrected chi connectivity index (χ3v) is 3.81. The lowest BCUT2D eigenvalue weighted by Gasteiger charge is -1.97. The highest BCUT2D eigenvalue weighted by molar-refractivity contribution is 7.87. The van der Waals surface area contributed by atoms with Gasteiger partial charge in [-0.2, -0.15) is 8.42 Å². The van der Waals surface area contributed by atoms with Crippen LogP contribution in [0, 0.1) is 12.3 Å². The van der Waals surface area contributed by atoms with E-state index in [9.17, 15) is 8.42 Å². The molecule has 0 fully saturated rings. The van der Waals surface area contributed by atoms with Gasteiger partial charge in [-0.05, 0) is 6.07 Å². The lowest BCUT2D eigenvalue weighted by atomic mass is 10.2. The van der Waals surface area contributed by atoms with Crippen molar-refractivity contribution >= 4 is 21.0 Å². The maximum atomic E-state index is 11.7. The van der Waals surface area contributed by atoms with Crippen LogP contribution in [0.25, 0.3) is 10.9 Å². The first kappa shape index (κ1) is 11.7. The Balaban J connectivity index is 2.79. The van der Waals surface area contributed by atoms with Gasteiger partial charge in [0, 0.05) is 11.6 Å². The number of terminal acetylenes is 1. The van der Waals surface area contributed by atoms with Crippen LogP contribution in [-0.4, -0.2) is 20.1 Å². The first-order valence-corrected chi connectivity index (χ1v) is 6.33. The zero-order valence-electron chi connectivity index (χ0n) is 9.25. The molecule has 17 heavy (non-hydrogen) atoms. The molecule has 2 rings (SSSR count). The summed E-state index contributed by atoms with van der Waals surface area (Å²) in [5.74, 6) is 2.49. The van der Waals surface area contributed by atoms with E-state index in [0.29, 0.717) is 11.9 Å². The molecular weight excluding hydrogens is 238 g/mol. The van der Waals surface area contributed by atoms with Gasteiger partial charge in [-0.3, -0.25) is 4.18 Å². The number of aromatic nitrogens is 1. The van der Waals surface area contributed by atoms with Crippen molar-refractivity contribution in [3.8, 4) is 12.3 Å². The van der Waals surface area contributed by atoms with Gasteiger partial charge < -0.3 is 4.57 Å². The number of rotatable bonds is 3. The summed E-state index contributed by atoms with van der Waals surface area (Å²) in [5, 5.41) is 0.615. The van der Waals surface area contributed by atoms with Crippen LogP contribution in [-0.2, 0) is 20.8 Å². The summed E-state index contributed by atoms with van der Waals surface area (Å²) >= 11 is 0. The van der Waals surface area contributed by atoms with Crippen molar-refractivity contribution < 1.29 is 12.6 Å². The summed E-state index contributed by atoms with van der Waals surface area (Å²) in [4.78, 5) is 0.144. The standard InChI is InChI=1S/C12H11NO3S/c1-3-8-13-9-12(17(14,15)16-2)10-6-4-5-7-11(10)13/h1,4-7,9H,8H2,2H3. The summed E-state index contributed by atoms with van der Waals surface area (Å²) in [6, 6.07) is 7.16. The highest BCUT2D eigenvalue weighted by atomic mass is 32.2. The first-order chi connectivity index (χ1) is 8.10. The Labute approximate surface area is 99.9 Å². The minimum Gasteiger partial charge on any atom is -0.334 e. The van der Waals surface area contributed by atoms with Gasteiger partial charge in [-0.25, -0.2) is 0 Å². The molecule has 0 saturated carbocycles. The van der Waals surface area contributed by atoms with Gasteiger partial charge in [0.05, 0.1) is 19.2 Å².